The lowest BCUT2D eigenvalue weighted by atomic mass is 9.82. The Morgan fingerprint density at radius 1 is 0.259 bits per heavy atom. The Bertz CT molecular complexity index is 3960. The molecule has 12 aromatic carbocycles. The third-order valence-corrected chi connectivity index (χ3v) is 14.8. The molecule has 85 heavy (non-hydrogen) atoms. The molecular weight excluding hydrogens is 1050 g/mol. The van der Waals surface area contributed by atoms with Crippen LogP contribution in [0.5, 0.6) is 23.0 Å². The van der Waals surface area contributed by atoms with E-state index in [-0.39, 0.29) is 29.0 Å². The van der Waals surface area contributed by atoms with Gasteiger partial charge in [0.05, 0.1) is 22.3 Å². The SMILES string of the molecule is CC.CC.CC1(C)c2ccccc2-c2ccccc21.CN1C(=O)c2ccc(Oc3ccc4ccccc4c3)cc2C1=O.CN1C(=O)c2ccc(Oc3ccc4ccccc4c3)cc2C1=O.c1ccc2ccccc2c1.c1ccc2ccccc2c1. The van der Waals surface area contributed by atoms with Crippen LogP contribution in [0.3, 0.4) is 0 Å². The minimum absolute atomic E-state index is 0.160. The Morgan fingerprint density at radius 3 is 0.812 bits per heavy atom. The van der Waals surface area contributed by atoms with Crippen LogP contribution < -0.4 is 9.47 Å². The predicted octanol–water partition coefficient (Wildman–Crippen LogP) is 19.4. The molecule has 15 rings (SSSR count). The number of carbonyl (C=O) groups is 4. The highest BCUT2D eigenvalue weighted by Crippen LogP contribution is 2.48. The lowest BCUT2D eigenvalue weighted by Gasteiger charge is -2.20. The molecule has 0 saturated carbocycles. The van der Waals surface area contributed by atoms with Gasteiger partial charge in [-0.15, -0.1) is 0 Å². The van der Waals surface area contributed by atoms with Crippen LogP contribution in [0.4, 0.5) is 0 Å². The monoisotopic (exact) mass is 1120 g/mol. The predicted molar refractivity (Wildman–Crippen MR) is 348 cm³/mol. The van der Waals surface area contributed by atoms with Crippen molar-refractivity contribution < 1.29 is 28.7 Å². The molecule has 422 valence electrons. The van der Waals surface area contributed by atoms with Gasteiger partial charge in [-0.05, 0) is 126 Å². The van der Waals surface area contributed by atoms with Gasteiger partial charge in [-0.25, -0.2) is 0 Å². The molecular formula is C77H68N2O6. The van der Waals surface area contributed by atoms with Crippen LogP contribution in [-0.4, -0.2) is 47.5 Å². The van der Waals surface area contributed by atoms with Crippen LogP contribution in [0, 0.1) is 0 Å². The van der Waals surface area contributed by atoms with E-state index in [1.165, 1.54) is 57.9 Å². The summed E-state index contributed by atoms with van der Waals surface area (Å²) in [6, 6.07) is 88.5. The molecule has 12 aromatic rings. The second kappa shape index (κ2) is 27.1. The van der Waals surface area contributed by atoms with Gasteiger partial charge in [0.15, 0.2) is 0 Å². The van der Waals surface area contributed by atoms with Gasteiger partial charge in [0.1, 0.15) is 23.0 Å². The van der Waals surface area contributed by atoms with Crippen molar-refractivity contribution in [3.63, 3.8) is 0 Å². The minimum atomic E-state index is -0.297. The number of rotatable bonds is 4. The molecule has 0 spiro atoms. The molecule has 0 fully saturated rings. The molecule has 0 saturated heterocycles. The van der Waals surface area contributed by atoms with E-state index in [9.17, 15) is 19.2 Å². The number of fused-ring (bicyclic) bond motifs is 9. The van der Waals surface area contributed by atoms with Gasteiger partial charge in [0, 0.05) is 19.5 Å². The Balaban J connectivity index is 0.000000130. The van der Waals surface area contributed by atoms with Crippen molar-refractivity contribution in [2.24, 2.45) is 0 Å². The molecule has 1 aliphatic carbocycles. The second-order valence-electron chi connectivity index (χ2n) is 20.4. The zero-order valence-electron chi connectivity index (χ0n) is 49.2. The van der Waals surface area contributed by atoms with Gasteiger partial charge >= 0.3 is 0 Å². The van der Waals surface area contributed by atoms with Crippen LogP contribution in [0.2, 0.25) is 0 Å². The first-order valence-electron chi connectivity index (χ1n) is 28.7. The summed E-state index contributed by atoms with van der Waals surface area (Å²) in [7, 11) is 2.96. The van der Waals surface area contributed by atoms with Crippen molar-refractivity contribution in [2.45, 2.75) is 47.0 Å². The number of benzene rings is 12. The number of nitrogens with zero attached hydrogens (tertiary/aromatic N) is 2. The summed E-state index contributed by atoms with van der Waals surface area (Å²) < 4.78 is 11.7. The molecule has 0 bridgehead atoms. The molecule has 8 nitrogen and oxygen atoms in total. The summed E-state index contributed by atoms with van der Waals surface area (Å²) in [5, 5.41) is 9.67. The zero-order valence-corrected chi connectivity index (χ0v) is 49.2. The van der Waals surface area contributed by atoms with Crippen molar-refractivity contribution >= 4 is 66.7 Å². The number of carbonyl (C=O) groups excluding carboxylic acids is 4. The van der Waals surface area contributed by atoms with Crippen molar-refractivity contribution in [1.29, 1.82) is 0 Å². The first-order valence-corrected chi connectivity index (χ1v) is 28.7. The molecule has 4 amide bonds. The van der Waals surface area contributed by atoms with E-state index in [1.54, 1.807) is 36.4 Å². The maximum Gasteiger partial charge on any atom is 0.261 e. The minimum Gasteiger partial charge on any atom is -0.457 e. The largest absolute Gasteiger partial charge is 0.457 e. The van der Waals surface area contributed by atoms with Gasteiger partial charge in [-0.3, -0.25) is 29.0 Å². The maximum absolute atomic E-state index is 12.0. The quantitative estimate of drug-likeness (QED) is 0.163. The van der Waals surface area contributed by atoms with E-state index >= 15 is 0 Å². The zero-order chi connectivity index (χ0) is 60.0. The Morgan fingerprint density at radius 2 is 0.494 bits per heavy atom. The van der Waals surface area contributed by atoms with Crippen molar-refractivity contribution in [2.75, 3.05) is 14.1 Å². The highest BCUT2D eigenvalue weighted by Gasteiger charge is 2.35. The molecule has 8 heteroatoms. The van der Waals surface area contributed by atoms with Crippen LogP contribution in [-0.2, 0) is 5.41 Å². The number of hydrogen-bond donors (Lipinski definition) is 0. The average Bonchev–Trinajstić information content (AvgIpc) is 2.95. The van der Waals surface area contributed by atoms with Crippen LogP contribution >= 0.6 is 0 Å². The lowest BCUT2D eigenvalue weighted by Crippen LogP contribution is -2.24. The summed E-state index contributed by atoms with van der Waals surface area (Å²) in [6.07, 6.45) is 0. The third kappa shape index (κ3) is 13.1. The van der Waals surface area contributed by atoms with Gasteiger partial charge in [-0.2, -0.15) is 0 Å². The number of amides is 4. The molecule has 0 aromatic heterocycles. The smallest absolute Gasteiger partial charge is 0.261 e. The maximum atomic E-state index is 12.0. The highest BCUT2D eigenvalue weighted by atomic mass is 16.5. The van der Waals surface area contributed by atoms with E-state index in [2.05, 4.69) is 159 Å². The standard InChI is InChI=1S/2C19H13NO3.C15H14.2C10H8.2C2H6/c2*1-20-18(21)16-9-8-15(11-17(16)19(20)22)23-14-7-6-12-4-2-3-5-13(12)10-14;1-15(2)13-9-5-3-7-11(13)12-8-4-6-10-14(12)15;2*1-2-6-10-8-4-3-7-9(10)5-1;2*1-2/h2*2-11H,1H3;3-10H,1-2H3;2*1-8H;2*1-2H3. The number of imide groups is 2. The third-order valence-electron chi connectivity index (χ3n) is 14.8. The summed E-state index contributed by atoms with van der Waals surface area (Å²) in [5.74, 6) is 1.31. The summed E-state index contributed by atoms with van der Waals surface area (Å²) in [6.45, 7) is 12.6. The van der Waals surface area contributed by atoms with Gasteiger partial charge in [-0.1, -0.05) is 248 Å². The van der Waals surface area contributed by atoms with Gasteiger partial charge in [0.25, 0.3) is 23.6 Å². The van der Waals surface area contributed by atoms with E-state index in [4.69, 9.17) is 9.47 Å². The molecule has 0 atom stereocenters. The summed E-state index contributed by atoms with van der Waals surface area (Å²) in [4.78, 5) is 50.1. The van der Waals surface area contributed by atoms with E-state index in [1.807, 2.05) is 113 Å². The van der Waals surface area contributed by atoms with Crippen LogP contribution in [0.1, 0.15) is 94.1 Å². The summed E-state index contributed by atoms with van der Waals surface area (Å²) in [5.41, 5.74) is 7.47. The fourth-order valence-corrected chi connectivity index (χ4v) is 10.5. The first-order chi connectivity index (χ1) is 41.4. The van der Waals surface area contributed by atoms with E-state index in [0.717, 1.165) is 31.3 Å². The average molecular weight is 1120 g/mol. The highest BCUT2D eigenvalue weighted by molar-refractivity contribution is 6.22. The fourth-order valence-electron chi connectivity index (χ4n) is 10.5. The lowest BCUT2D eigenvalue weighted by molar-refractivity contribution is 0.0677. The molecule has 2 heterocycles. The van der Waals surface area contributed by atoms with Gasteiger partial charge < -0.3 is 9.47 Å². The Kier molecular flexibility index (Phi) is 18.9. The summed E-state index contributed by atoms with van der Waals surface area (Å²) >= 11 is 0. The molecule has 0 unspecified atom stereocenters. The Labute approximate surface area is 498 Å². The first kappa shape index (κ1) is 59.2. The number of hydrogen-bond acceptors (Lipinski definition) is 6. The fraction of sp³-hybridized carbons (Fsp3) is 0.117. The molecule has 0 radical (unpaired) electrons. The normalized spacial score (nSPS) is 12.6. The molecule has 3 aliphatic rings. The van der Waals surface area contributed by atoms with Crippen molar-refractivity contribution in [3.05, 3.63) is 300 Å². The van der Waals surface area contributed by atoms with Crippen LogP contribution in [0.25, 0.3) is 54.2 Å². The van der Waals surface area contributed by atoms with Crippen LogP contribution in [0.15, 0.2) is 267 Å². The number of ether oxygens (including phenoxy) is 2. The topological polar surface area (TPSA) is 93.2 Å². The molecule has 2 aliphatic heterocycles. The van der Waals surface area contributed by atoms with Crippen molar-refractivity contribution in [1.82, 2.24) is 9.80 Å². The van der Waals surface area contributed by atoms with E-state index < -0.39 is 0 Å². The van der Waals surface area contributed by atoms with Gasteiger partial charge in [0.2, 0.25) is 0 Å². The Hall–Kier alpha value is -10.4. The van der Waals surface area contributed by atoms with E-state index in [0.29, 0.717) is 45.3 Å². The molecule has 0 N–H and O–H groups in total. The second-order valence-corrected chi connectivity index (χ2v) is 20.4. The van der Waals surface area contributed by atoms with Crippen molar-refractivity contribution in [3.8, 4) is 34.1 Å².